The van der Waals surface area contributed by atoms with E-state index in [0.29, 0.717) is 12.4 Å². The van der Waals surface area contributed by atoms with E-state index in [0.717, 1.165) is 22.6 Å². The van der Waals surface area contributed by atoms with Crippen molar-refractivity contribution in [3.63, 3.8) is 0 Å². The van der Waals surface area contributed by atoms with E-state index in [2.05, 4.69) is 15.4 Å². The number of aryl methyl sites for hydroxylation is 2. The molecule has 5 nitrogen and oxygen atoms in total. The molecule has 0 saturated heterocycles. The summed E-state index contributed by atoms with van der Waals surface area (Å²) in [5, 5.41) is 7.21. The molecule has 1 amide bonds. The van der Waals surface area contributed by atoms with Crippen molar-refractivity contribution in [2.75, 3.05) is 5.32 Å². The monoisotopic (exact) mass is 352 g/mol. The van der Waals surface area contributed by atoms with Crippen LogP contribution in [-0.2, 0) is 11.3 Å². The Morgan fingerprint density at radius 2 is 1.65 bits per heavy atom. The molecule has 0 unspecified atom stereocenters. The summed E-state index contributed by atoms with van der Waals surface area (Å²) in [7, 11) is 0. The van der Waals surface area contributed by atoms with Crippen molar-refractivity contribution < 1.29 is 9.18 Å². The van der Waals surface area contributed by atoms with Gasteiger partial charge in [-0.15, -0.1) is 0 Å². The Bertz CT molecular complexity index is 901. The van der Waals surface area contributed by atoms with E-state index in [4.69, 9.17) is 0 Å². The molecule has 26 heavy (non-hydrogen) atoms. The van der Waals surface area contributed by atoms with Crippen molar-refractivity contribution in [2.24, 2.45) is 5.92 Å². The van der Waals surface area contributed by atoms with E-state index < -0.39 is 0 Å². The highest BCUT2D eigenvalue weighted by atomic mass is 19.1. The number of nitrogens with zero attached hydrogens (tertiary/aromatic N) is 3. The number of rotatable bonds is 5. The van der Waals surface area contributed by atoms with Gasteiger partial charge in [-0.25, -0.2) is 14.1 Å². The van der Waals surface area contributed by atoms with Gasteiger partial charge in [0.2, 0.25) is 5.91 Å². The van der Waals surface area contributed by atoms with Gasteiger partial charge in [-0.05, 0) is 49.2 Å². The number of aromatic nitrogens is 3. The van der Waals surface area contributed by atoms with Crippen LogP contribution in [0.3, 0.4) is 0 Å². The van der Waals surface area contributed by atoms with E-state index in [1.165, 1.54) is 12.1 Å². The van der Waals surface area contributed by atoms with E-state index in [-0.39, 0.29) is 17.6 Å². The molecular weight excluding hydrogens is 331 g/mol. The molecule has 0 spiro atoms. The number of carbonyl (C=O) groups is 1. The minimum Gasteiger partial charge on any atom is -0.326 e. The van der Waals surface area contributed by atoms with Crippen LogP contribution >= 0.6 is 0 Å². The van der Waals surface area contributed by atoms with Crippen LogP contribution < -0.4 is 5.32 Å². The fraction of sp³-hybridized carbons (Fsp3) is 0.250. The van der Waals surface area contributed by atoms with E-state index in [1.54, 1.807) is 16.8 Å². The summed E-state index contributed by atoms with van der Waals surface area (Å²) < 4.78 is 14.8. The normalized spacial score (nSPS) is 12.0. The van der Waals surface area contributed by atoms with Crippen LogP contribution in [0.1, 0.15) is 18.6 Å². The summed E-state index contributed by atoms with van der Waals surface area (Å²) in [4.78, 5) is 16.7. The Hall–Kier alpha value is -3.02. The van der Waals surface area contributed by atoms with Crippen LogP contribution in [0.15, 0.2) is 48.5 Å². The third-order valence-corrected chi connectivity index (χ3v) is 4.19. The Morgan fingerprint density at radius 1 is 1.08 bits per heavy atom. The zero-order chi connectivity index (χ0) is 18.7. The van der Waals surface area contributed by atoms with Crippen molar-refractivity contribution in [3.8, 4) is 11.1 Å². The summed E-state index contributed by atoms with van der Waals surface area (Å²) in [6, 6.07) is 13.8. The summed E-state index contributed by atoms with van der Waals surface area (Å²) in [5.74, 6) is 0.917. The predicted molar refractivity (Wildman–Crippen MR) is 99.1 cm³/mol. The van der Waals surface area contributed by atoms with Gasteiger partial charge in [0, 0.05) is 5.69 Å². The molecule has 1 N–H and O–H groups in total. The average Bonchev–Trinajstić information content (AvgIpc) is 2.93. The second-order valence-electron chi connectivity index (χ2n) is 6.36. The molecule has 0 aliphatic carbocycles. The molecule has 0 aliphatic rings. The maximum Gasteiger partial charge on any atom is 0.229 e. The van der Waals surface area contributed by atoms with Gasteiger partial charge in [-0.2, -0.15) is 5.10 Å². The lowest BCUT2D eigenvalue weighted by Gasteiger charge is -2.13. The molecule has 2 aromatic carbocycles. The number of hydrogen-bond acceptors (Lipinski definition) is 3. The van der Waals surface area contributed by atoms with Crippen LogP contribution in [0.2, 0.25) is 0 Å². The first-order valence-electron chi connectivity index (χ1n) is 8.47. The zero-order valence-corrected chi connectivity index (χ0v) is 15.0. The van der Waals surface area contributed by atoms with Crippen LogP contribution in [0.5, 0.6) is 0 Å². The first kappa shape index (κ1) is 17.8. The third kappa shape index (κ3) is 4.14. The first-order chi connectivity index (χ1) is 12.4. The largest absolute Gasteiger partial charge is 0.326 e. The lowest BCUT2D eigenvalue weighted by atomic mass is 10.1. The molecule has 1 heterocycles. The molecule has 0 saturated carbocycles. The van der Waals surface area contributed by atoms with Crippen LogP contribution in [0.25, 0.3) is 11.1 Å². The number of anilines is 1. The zero-order valence-electron chi connectivity index (χ0n) is 15.0. The Morgan fingerprint density at radius 3 is 2.19 bits per heavy atom. The minimum absolute atomic E-state index is 0.0768. The van der Waals surface area contributed by atoms with E-state index in [1.807, 2.05) is 45.0 Å². The number of amides is 1. The van der Waals surface area contributed by atoms with E-state index >= 15 is 0 Å². The van der Waals surface area contributed by atoms with Gasteiger partial charge in [0.25, 0.3) is 0 Å². The first-order valence-corrected chi connectivity index (χ1v) is 8.47. The van der Waals surface area contributed by atoms with Crippen molar-refractivity contribution in [2.45, 2.75) is 27.3 Å². The van der Waals surface area contributed by atoms with Gasteiger partial charge in [0.15, 0.2) is 0 Å². The van der Waals surface area contributed by atoms with Gasteiger partial charge in [0.05, 0.1) is 12.5 Å². The number of nitrogens with one attached hydrogen (secondary N) is 1. The lowest BCUT2D eigenvalue weighted by molar-refractivity contribution is -0.119. The van der Waals surface area contributed by atoms with E-state index in [9.17, 15) is 9.18 Å². The summed E-state index contributed by atoms with van der Waals surface area (Å²) in [6.45, 7) is 6.04. The molecule has 6 heteroatoms. The number of benzene rings is 2. The Kier molecular flexibility index (Phi) is 5.11. The molecule has 1 atom stereocenters. The fourth-order valence-electron chi connectivity index (χ4n) is 2.73. The van der Waals surface area contributed by atoms with Crippen LogP contribution in [0, 0.1) is 25.6 Å². The highest BCUT2D eigenvalue weighted by Crippen LogP contribution is 2.22. The molecule has 1 aromatic heterocycles. The van der Waals surface area contributed by atoms with Gasteiger partial charge >= 0.3 is 0 Å². The third-order valence-electron chi connectivity index (χ3n) is 4.19. The Balaban J connectivity index is 1.63. The van der Waals surface area contributed by atoms with Crippen molar-refractivity contribution in [1.82, 2.24) is 14.8 Å². The minimum atomic E-state index is -0.260. The predicted octanol–water partition coefficient (Wildman–Crippen LogP) is 3.98. The Labute approximate surface area is 151 Å². The molecular formula is C20H21FN4O. The van der Waals surface area contributed by atoms with Crippen molar-refractivity contribution in [1.29, 1.82) is 0 Å². The highest BCUT2D eigenvalue weighted by Gasteiger charge is 2.16. The molecule has 3 rings (SSSR count). The second kappa shape index (κ2) is 7.47. The maximum atomic E-state index is 13.0. The average molecular weight is 352 g/mol. The summed E-state index contributed by atoms with van der Waals surface area (Å²) >= 11 is 0. The SMILES string of the molecule is Cc1nc(C)n(C[C@@H](C)C(=O)Nc2ccc(-c3ccc(F)cc3)cc2)n1. The molecule has 0 bridgehead atoms. The highest BCUT2D eigenvalue weighted by molar-refractivity contribution is 5.92. The quantitative estimate of drug-likeness (QED) is 0.756. The number of hydrogen-bond donors (Lipinski definition) is 1. The topological polar surface area (TPSA) is 59.8 Å². The smallest absolute Gasteiger partial charge is 0.229 e. The number of halogens is 1. The summed E-state index contributed by atoms with van der Waals surface area (Å²) in [6.07, 6.45) is 0. The molecule has 0 radical (unpaired) electrons. The lowest BCUT2D eigenvalue weighted by Crippen LogP contribution is -2.25. The number of carbonyl (C=O) groups excluding carboxylic acids is 1. The van der Waals surface area contributed by atoms with Crippen LogP contribution in [-0.4, -0.2) is 20.7 Å². The van der Waals surface area contributed by atoms with Crippen molar-refractivity contribution in [3.05, 3.63) is 66.0 Å². The van der Waals surface area contributed by atoms with Gasteiger partial charge in [-0.1, -0.05) is 31.2 Å². The molecule has 134 valence electrons. The van der Waals surface area contributed by atoms with Gasteiger partial charge in [-0.3, -0.25) is 4.79 Å². The molecule has 0 aliphatic heterocycles. The standard InChI is InChI=1S/C20H21FN4O/c1-13(12-25-15(3)22-14(2)24-25)20(26)23-19-10-6-17(7-11-19)16-4-8-18(21)9-5-16/h4-11,13H,12H2,1-3H3,(H,23,26)/t13-/m1/s1. The van der Waals surface area contributed by atoms with Crippen LogP contribution in [0.4, 0.5) is 10.1 Å². The molecule has 3 aromatic rings. The van der Waals surface area contributed by atoms with Crippen molar-refractivity contribution >= 4 is 11.6 Å². The maximum absolute atomic E-state index is 13.0. The summed E-state index contributed by atoms with van der Waals surface area (Å²) in [5.41, 5.74) is 2.61. The van der Waals surface area contributed by atoms with Gasteiger partial charge < -0.3 is 5.32 Å². The fourth-order valence-corrected chi connectivity index (χ4v) is 2.73. The molecule has 0 fully saturated rings. The van der Waals surface area contributed by atoms with Gasteiger partial charge in [0.1, 0.15) is 17.5 Å². The second-order valence-corrected chi connectivity index (χ2v) is 6.36.